The summed E-state index contributed by atoms with van der Waals surface area (Å²) in [5, 5.41) is 20.5. The van der Waals surface area contributed by atoms with E-state index in [-0.39, 0.29) is 30.5 Å². The number of rotatable bonds is 7. The minimum atomic E-state index is -0.584. The molecule has 0 heterocycles. The molecule has 5 aromatic rings. The zero-order chi connectivity index (χ0) is 24.9. The van der Waals surface area contributed by atoms with E-state index in [1.54, 1.807) is 6.07 Å². The maximum Gasteiger partial charge on any atom is 0.240 e. The van der Waals surface area contributed by atoms with Crippen LogP contribution in [-0.2, 0) is 16.0 Å². The molecule has 0 aliphatic carbocycles. The number of hydrogen-bond acceptors (Lipinski definition) is 3. The largest absolute Gasteiger partial charge is 0.508 e. The Hall–Kier alpha value is -4.64. The molecule has 178 valence electrons. The summed E-state index contributed by atoms with van der Waals surface area (Å²) >= 11 is 0. The van der Waals surface area contributed by atoms with Crippen molar-refractivity contribution in [1.29, 1.82) is 0 Å². The molecule has 0 spiro atoms. The van der Waals surface area contributed by atoms with Gasteiger partial charge in [0.1, 0.15) is 5.75 Å². The van der Waals surface area contributed by atoms with Gasteiger partial charge in [0.05, 0.1) is 19.0 Å². The molecule has 0 saturated heterocycles. The van der Waals surface area contributed by atoms with Crippen LogP contribution in [0.25, 0.3) is 21.5 Å². The number of nitrogens with one attached hydrogen (secondary N) is 2. The lowest BCUT2D eigenvalue weighted by atomic mass is 9.92. The topological polar surface area (TPSA) is 78.4 Å². The monoisotopic (exact) mass is 474 g/mol. The fourth-order valence-corrected chi connectivity index (χ4v) is 4.63. The van der Waals surface area contributed by atoms with Gasteiger partial charge in [-0.15, -0.1) is 0 Å². The Balaban J connectivity index is 1.34. The van der Waals surface area contributed by atoms with Crippen molar-refractivity contribution in [3.8, 4) is 5.75 Å². The minimum absolute atomic E-state index is 0.0999. The van der Waals surface area contributed by atoms with Gasteiger partial charge in [0.25, 0.3) is 0 Å². The lowest BCUT2D eigenvalue weighted by molar-refractivity contribution is -0.126. The molecule has 1 unspecified atom stereocenters. The van der Waals surface area contributed by atoms with Crippen LogP contribution in [0.1, 0.15) is 22.7 Å². The first kappa shape index (κ1) is 23.1. The van der Waals surface area contributed by atoms with Crippen LogP contribution < -0.4 is 10.6 Å². The zero-order valence-electron chi connectivity index (χ0n) is 19.6. The van der Waals surface area contributed by atoms with E-state index in [9.17, 15) is 14.7 Å². The summed E-state index contributed by atoms with van der Waals surface area (Å²) in [6, 6.07) is 33.9. The van der Waals surface area contributed by atoms with Crippen LogP contribution >= 0.6 is 0 Å². The number of benzene rings is 5. The van der Waals surface area contributed by atoms with Crippen LogP contribution in [-0.4, -0.2) is 23.5 Å². The number of hydrogen-bond donors (Lipinski definition) is 3. The standard InChI is InChI=1S/C31H26N2O3/c34-27-18-17-22-10-5-7-16-26(22)30(27)31(23-11-2-1-3-12-23)33-29(36)20-32-28(35)19-24-14-8-13-21-9-4-6-15-25(21)24/h1-18,31,34H,19-20H2,(H,32,35)(H,33,36). The van der Waals surface area contributed by atoms with Gasteiger partial charge in [-0.3, -0.25) is 9.59 Å². The van der Waals surface area contributed by atoms with Crippen molar-refractivity contribution in [2.24, 2.45) is 0 Å². The van der Waals surface area contributed by atoms with Crippen molar-refractivity contribution < 1.29 is 14.7 Å². The van der Waals surface area contributed by atoms with E-state index in [0.717, 1.165) is 32.7 Å². The van der Waals surface area contributed by atoms with Crippen molar-refractivity contribution >= 4 is 33.4 Å². The summed E-state index contributed by atoms with van der Waals surface area (Å²) in [5.74, 6) is -0.476. The molecule has 0 aliphatic heterocycles. The lowest BCUT2D eigenvalue weighted by Crippen LogP contribution is -2.39. The molecule has 5 heteroatoms. The smallest absolute Gasteiger partial charge is 0.240 e. The third-order valence-electron chi connectivity index (χ3n) is 6.35. The summed E-state index contributed by atoms with van der Waals surface area (Å²) in [6.07, 6.45) is 0.181. The van der Waals surface area contributed by atoms with Gasteiger partial charge < -0.3 is 15.7 Å². The van der Waals surface area contributed by atoms with Crippen molar-refractivity contribution in [1.82, 2.24) is 10.6 Å². The van der Waals surface area contributed by atoms with Crippen LogP contribution in [0.3, 0.4) is 0 Å². The second-order valence-corrected chi connectivity index (χ2v) is 8.72. The Morgan fingerprint density at radius 3 is 2.08 bits per heavy atom. The zero-order valence-corrected chi connectivity index (χ0v) is 19.6. The molecule has 0 saturated carbocycles. The van der Waals surface area contributed by atoms with E-state index >= 15 is 0 Å². The Morgan fingerprint density at radius 2 is 1.31 bits per heavy atom. The van der Waals surface area contributed by atoms with Crippen molar-refractivity contribution in [2.45, 2.75) is 12.5 Å². The molecule has 0 aromatic heterocycles. The molecule has 36 heavy (non-hydrogen) atoms. The van der Waals surface area contributed by atoms with Gasteiger partial charge in [0.15, 0.2) is 0 Å². The number of fused-ring (bicyclic) bond motifs is 2. The quantitative estimate of drug-likeness (QED) is 0.301. The molecule has 5 rings (SSSR count). The summed E-state index contributed by atoms with van der Waals surface area (Å²) < 4.78 is 0. The highest BCUT2D eigenvalue weighted by Crippen LogP contribution is 2.35. The molecule has 0 bridgehead atoms. The molecule has 2 amide bonds. The lowest BCUT2D eigenvalue weighted by Gasteiger charge is -2.23. The predicted octanol–water partition coefficient (Wildman–Crippen LogP) is 5.26. The van der Waals surface area contributed by atoms with Crippen LogP contribution in [0, 0.1) is 0 Å². The first-order valence-electron chi connectivity index (χ1n) is 11.9. The molecule has 0 radical (unpaired) electrons. The van der Waals surface area contributed by atoms with Crippen LogP contribution in [0.2, 0.25) is 0 Å². The van der Waals surface area contributed by atoms with Gasteiger partial charge in [-0.05, 0) is 38.7 Å². The molecular weight excluding hydrogens is 448 g/mol. The molecular formula is C31H26N2O3. The minimum Gasteiger partial charge on any atom is -0.508 e. The number of amides is 2. The normalized spacial score (nSPS) is 11.8. The third kappa shape index (κ3) is 4.91. The van der Waals surface area contributed by atoms with Gasteiger partial charge in [0.2, 0.25) is 11.8 Å². The summed E-state index contributed by atoms with van der Waals surface area (Å²) in [6.45, 7) is -0.168. The fraction of sp³-hybridized carbons (Fsp3) is 0.0968. The van der Waals surface area contributed by atoms with Crippen LogP contribution in [0.15, 0.2) is 109 Å². The van der Waals surface area contributed by atoms with Gasteiger partial charge >= 0.3 is 0 Å². The van der Waals surface area contributed by atoms with Crippen LogP contribution in [0.4, 0.5) is 0 Å². The Bertz CT molecular complexity index is 1540. The van der Waals surface area contributed by atoms with Crippen LogP contribution in [0.5, 0.6) is 5.75 Å². The summed E-state index contributed by atoms with van der Waals surface area (Å²) in [4.78, 5) is 25.7. The molecule has 5 nitrogen and oxygen atoms in total. The summed E-state index contributed by atoms with van der Waals surface area (Å²) in [7, 11) is 0. The second-order valence-electron chi connectivity index (χ2n) is 8.72. The SMILES string of the molecule is O=C(Cc1cccc2ccccc12)NCC(=O)NC(c1ccccc1)c1c(O)ccc2ccccc12. The van der Waals surface area contributed by atoms with Gasteiger partial charge in [-0.1, -0.05) is 103 Å². The molecule has 0 aliphatic rings. The number of carbonyl (C=O) groups excluding carboxylic acids is 2. The number of aromatic hydroxyl groups is 1. The molecule has 5 aromatic carbocycles. The molecule has 0 fully saturated rings. The predicted molar refractivity (Wildman–Crippen MR) is 143 cm³/mol. The van der Waals surface area contributed by atoms with Gasteiger partial charge in [-0.2, -0.15) is 0 Å². The highest BCUT2D eigenvalue weighted by molar-refractivity contribution is 5.92. The maximum absolute atomic E-state index is 13.0. The molecule has 3 N–H and O–H groups in total. The molecule has 1 atom stereocenters. The Morgan fingerprint density at radius 1 is 0.667 bits per heavy atom. The van der Waals surface area contributed by atoms with Crippen molar-refractivity contribution in [3.63, 3.8) is 0 Å². The van der Waals surface area contributed by atoms with Gasteiger partial charge in [0, 0.05) is 5.56 Å². The average molecular weight is 475 g/mol. The first-order chi connectivity index (χ1) is 17.6. The van der Waals surface area contributed by atoms with E-state index in [0.29, 0.717) is 5.56 Å². The van der Waals surface area contributed by atoms with E-state index in [4.69, 9.17) is 0 Å². The van der Waals surface area contributed by atoms with E-state index in [2.05, 4.69) is 10.6 Å². The van der Waals surface area contributed by atoms with Gasteiger partial charge in [-0.25, -0.2) is 0 Å². The highest BCUT2D eigenvalue weighted by Gasteiger charge is 2.22. The number of phenolic OH excluding ortho intramolecular Hbond substituents is 1. The van der Waals surface area contributed by atoms with Crippen molar-refractivity contribution in [2.75, 3.05) is 6.54 Å². The van der Waals surface area contributed by atoms with Crippen molar-refractivity contribution in [3.05, 3.63) is 126 Å². The van der Waals surface area contributed by atoms with E-state index in [1.165, 1.54) is 0 Å². The van der Waals surface area contributed by atoms with E-state index < -0.39 is 6.04 Å². The highest BCUT2D eigenvalue weighted by atomic mass is 16.3. The second kappa shape index (κ2) is 10.3. The average Bonchev–Trinajstić information content (AvgIpc) is 2.92. The first-order valence-corrected chi connectivity index (χ1v) is 11.9. The maximum atomic E-state index is 13.0. The fourth-order valence-electron chi connectivity index (χ4n) is 4.63. The number of phenols is 1. The van der Waals surface area contributed by atoms with E-state index in [1.807, 2.05) is 103 Å². The summed E-state index contributed by atoms with van der Waals surface area (Å²) in [5.41, 5.74) is 2.36. The Labute approximate surface area is 209 Å². The Kier molecular flexibility index (Phi) is 6.63. The number of carbonyl (C=O) groups is 2. The third-order valence-corrected chi connectivity index (χ3v) is 6.35.